The summed E-state index contributed by atoms with van der Waals surface area (Å²) in [5.74, 6) is 0.656. The van der Waals surface area contributed by atoms with Crippen LogP contribution in [0, 0.1) is 0 Å². The zero-order valence-corrected chi connectivity index (χ0v) is 17.7. The van der Waals surface area contributed by atoms with Gasteiger partial charge in [-0.3, -0.25) is 0 Å². The van der Waals surface area contributed by atoms with E-state index in [2.05, 4.69) is 9.97 Å². The van der Waals surface area contributed by atoms with E-state index in [1.165, 1.54) is 12.1 Å². The van der Waals surface area contributed by atoms with E-state index in [1.807, 2.05) is 48.7 Å². The fourth-order valence-electron chi connectivity index (χ4n) is 4.21. The van der Waals surface area contributed by atoms with Gasteiger partial charge in [-0.25, -0.2) is 0 Å². The van der Waals surface area contributed by atoms with Crippen LogP contribution in [-0.2, 0) is 11.1 Å². The molecule has 2 aromatic heterocycles. The Balaban J connectivity index is 1.81. The van der Waals surface area contributed by atoms with E-state index in [9.17, 15) is 13.2 Å². The van der Waals surface area contributed by atoms with E-state index in [0.717, 1.165) is 45.1 Å². The molecular formula is C25H18ClF3N2O. The minimum atomic E-state index is -4.43. The molecule has 2 heterocycles. The van der Waals surface area contributed by atoms with Gasteiger partial charge in [0.25, 0.3) is 0 Å². The van der Waals surface area contributed by atoms with Gasteiger partial charge in [0.15, 0.2) is 0 Å². The molecule has 0 aliphatic carbocycles. The van der Waals surface area contributed by atoms with Gasteiger partial charge in [0, 0.05) is 45.3 Å². The number of methoxy groups -OCH3 is 1. The highest BCUT2D eigenvalue weighted by Crippen LogP contribution is 2.48. The normalized spacial score (nSPS) is 14.0. The average molecular weight is 455 g/mol. The average Bonchev–Trinajstić information content (AvgIpc) is 3.42. The first-order valence-corrected chi connectivity index (χ1v) is 10.3. The van der Waals surface area contributed by atoms with E-state index >= 15 is 0 Å². The quantitative estimate of drug-likeness (QED) is 0.277. The van der Waals surface area contributed by atoms with Crippen molar-refractivity contribution in [2.45, 2.75) is 11.1 Å². The van der Waals surface area contributed by atoms with Gasteiger partial charge in [-0.05, 0) is 42.0 Å². The molecule has 3 aromatic carbocycles. The van der Waals surface area contributed by atoms with Crippen molar-refractivity contribution in [3.8, 4) is 5.75 Å². The number of rotatable bonds is 4. The third-order valence-electron chi connectivity index (χ3n) is 5.83. The van der Waals surface area contributed by atoms with Gasteiger partial charge in [0.1, 0.15) is 10.6 Å². The van der Waals surface area contributed by atoms with E-state index in [0.29, 0.717) is 11.3 Å². The topological polar surface area (TPSA) is 40.8 Å². The SMILES string of the molecule is COc1ccc2[nH]cc(C(Cl)(c3ccc(C(F)(F)F)cc3)c3c[nH]c4ccccc34)c2c1. The molecule has 0 saturated carbocycles. The molecule has 1 atom stereocenters. The standard InChI is InChI=1S/C25H18ClF3N2O/c1-32-17-10-11-23-19(12-17)21(14-31-23)24(26,15-6-8-16(9-7-15)25(27,28)29)20-13-30-22-5-3-2-4-18(20)22/h2-14,30-31H,1H3. The Morgan fingerprint density at radius 2 is 1.34 bits per heavy atom. The van der Waals surface area contributed by atoms with Crippen LogP contribution in [0.3, 0.4) is 0 Å². The van der Waals surface area contributed by atoms with Gasteiger partial charge in [0.2, 0.25) is 0 Å². The van der Waals surface area contributed by atoms with E-state index in [-0.39, 0.29) is 0 Å². The lowest BCUT2D eigenvalue weighted by Crippen LogP contribution is -2.22. The summed E-state index contributed by atoms with van der Waals surface area (Å²) >= 11 is 7.46. The number of aromatic amines is 2. The number of para-hydroxylation sites is 1. The van der Waals surface area contributed by atoms with E-state index < -0.39 is 16.6 Å². The summed E-state index contributed by atoms with van der Waals surface area (Å²) in [4.78, 5) is 5.21. The van der Waals surface area contributed by atoms with Crippen molar-refractivity contribution in [1.29, 1.82) is 0 Å². The second-order valence-corrected chi connectivity index (χ2v) is 8.16. The molecule has 0 saturated heterocycles. The second-order valence-electron chi connectivity index (χ2n) is 7.60. The lowest BCUT2D eigenvalue weighted by atomic mass is 9.83. The van der Waals surface area contributed by atoms with Crippen LogP contribution in [0.4, 0.5) is 13.2 Å². The van der Waals surface area contributed by atoms with Crippen LogP contribution in [0.5, 0.6) is 5.75 Å². The zero-order chi connectivity index (χ0) is 22.5. The number of halogens is 4. The molecule has 0 spiro atoms. The highest BCUT2D eigenvalue weighted by Gasteiger charge is 2.39. The van der Waals surface area contributed by atoms with Crippen molar-refractivity contribution in [2.24, 2.45) is 0 Å². The summed E-state index contributed by atoms with van der Waals surface area (Å²) in [5.41, 5.74) is 3.01. The van der Waals surface area contributed by atoms with Crippen LogP contribution < -0.4 is 4.74 Å². The number of aromatic nitrogens is 2. The van der Waals surface area contributed by atoms with E-state index in [4.69, 9.17) is 16.3 Å². The van der Waals surface area contributed by atoms with Gasteiger partial charge in [0.05, 0.1) is 12.7 Å². The number of nitrogens with one attached hydrogen (secondary N) is 2. The van der Waals surface area contributed by atoms with Gasteiger partial charge in [-0.15, -0.1) is 11.6 Å². The summed E-state index contributed by atoms with van der Waals surface area (Å²) in [7, 11) is 1.58. The van der Waals surface area contributed by atoms with Crippen LogP contribution in [0.1, 0.15) is 22.3 Å². The largest absolute Gasteiger partial charge is 0.497 e. The van der Waals surface area contributed by atoms with Crippen molar-refractivity contribution in [3.63, 3.8) is 0 Å². The van der Waals surface area contributed by atoms with Crippen molar-refractivity contribution < 1.29 is 17.9 Å². The molecule has 0 radical (unpaired) electrons. The molecule has 0 bridgehead atoms. The lowest BCUT2D eigenvalue weighted by molar-refractivity contribution is -0.137. The van der Waals surface area contributed by atoms with Crippen molar-refractivity contribution in [3.05, 3.63) is 101 Å². The monoisotopic (exact) mass is 454 g/mol. The molecular weight excluding hydrogens is 437 g/mol. The second kappa shape index (κ2) is 7.35. The van der Waals surface area contributed by atoms with Crippen LogP contribution in [0.15, 0.2) is 79.1 Å². The summed E-state index contributed by atoms with van der Waals surface area (Å²) < 4.78 is 45.0. The Morgan fingerprint density at radius 1 is 0.750 bits per heavy atom. The van der Waals surface area contributed by atoms with Crippen LogP contribution >= 0.6 is 11.6 Å². The van der Waals surface area contributed by atoms with E-state index in [1.54, 1.807) is 13.3 Å². The fourth-order valence-corrected chi connectivity index (χ4v) is 4.65. The molecule has 0 aliphatic rings. The number of hydrogen-bond donors (Lipinski definition) is 2. The van der Waals surface area contributed by atoms with Gasteiger partial charge < -0.3 is 14.7 Å². The number of ether oxygens (including phenoxy) is 1. The highest BCUT2D eigenvalue weighted by molar-refractivity contribution is 6.30. The first-order chi connectivity index (χ1) is 15.3. The minimum Gasteiger partial charge on any atom is -0.497 e. The molecule has 162 valence electrons. The molecule has 7 heteroatoms. The number of benzene rings is 3. The maximum absolute atomic E-state index is 13.2. The third kappa shape index (κ3) is 3.14. The van der Waals surface area contributed by atoms with Crippen LogP contribution in [0.25, 0.3) is 21.8 Å². The van der Waals surface area contributed by atoms with Crippen LogP contribution in [-0.4, -0.2) is 17.1 Å². The van der Waals surface area contributed by atoms with Crippen molar-refractivity contribution >= 4 is 33.4 Å². The molecule has 5 aromatic rings. The minimum absolute atomic E-state index is 0.528. The Morgan fingerprint density at radius 3 is 2.00 bits per heavy atom. The number of hydrogen-bond acceptors (Lipinski definition) is 1. The molecule has 5 rings (SSSR count). The lowest BCUT2D eigenvalue weighted by Gasteiger charge is -2.28. The highest BCUT2D eigenvalue weighted by atomic mass is 35.5. The third-order valence-corrected chi connectivity index (χ3v) is 6.46. The summed E-state index contributed by atoms with van der Waals surface area (Å²) in [6.45, 7) is 0. The fraction of sp³-hybridized carbons (Fsp3) is 0.120. The number of alkyl halides is 4. The van der Waals surface area contributed by atoms with Gasteiger partial charge in [-0.1, -0.05) is 30.3 Å². The summed E-state index contributed by atoms with van der Waals surface area (Å²) in [5, 5.41) is 1.71. The van der Waals surface area contributed by atoms with Gasteiger partial charge in [-0.2, -0.15) is 13.2 Å². The molecule has 3 nitrogen and oxygen atoms in total. The first kappa shape index (κ1) is 20.5. The Labute approximate surface area is 186 Å². The molecule has 1 unspecified atom stereocenters. The van der Waals surface area contributed by atoms with Crippen LogP contribution in [0.2, 0.25) is 0 Å². The van der Waals surface area contributed by atoms with Crippen molar-refractivity contribution in [2.75, 3.05) is 7.11 Å². The summed E-state index contributed by atoms with van der Waals surface area (Å²) in [6, 6.07) is 18.3. The Hall–Kier alpha value is -3.38. The van der Waals surface area contributed by atoms with Gasteiger partial charge >= 0.3 is 6.18 Å². The Bertz CT molecular complexity index is 1420. The predicted molar refractivity (Wildman–Crippen MR) is 120 cm³/mol. The smallest absolute Gasteiger partial charge is 0.416 e. The first-order valence-electron chi connectivity index (χ1n) is 9.91. The molecule has 0 amide bonds. The van der Waals surface area contributed by atoms with Crippen molar-refractivity contribution in [1.82, 2.24) is 9.97 Å². The predicted octanol–water partition coefficient (Wildman–Crippen LogP) is 7.21. The molecule has 2 N–H and O–H groups in total. The maximum atomic E-state index is 13.2. The molecule has 0 aliphatic heterocycles. The maximum Gasteiger partial charge on any atom is 0.416 e. The molecule has 0 fully saturated rings. The number of H-pyrrole nitrogens is 2. The summed E-state index contributed by atoms with van der Waals surface area (Å²) in [6.07, 6.45) is -0.812. The molecule has 32 heavy (non-hydrogen) atoms. The number of fused-ring (bicyclic) bond motifs is 2. The zero-order valence-electron chi connectivity index (χ0n) is 16.9. The Kier molecular flexibility index (Phi) is 4.71.